The minimum absolute atomic E-state index is 0.00368. The zero-order chi connectivity index (χ0) is 83.8. The van der Waals surface area contributed by atoms with Gasteiger partial charge in [-0.05, 0) is 69.3 Å². The molecule has 41 heteroatoms. The monoisotopic (exact) mass is 1590 g/mol. The topological polar surface area (TPSA) is 656 Å². The number of H-pyrrole nitrogens is 1. The Balaban J connectivity index is 1.56. The quantitative estimate of drug-likeness (QED) is 0.00893. The lowest BCUT2D eigenvalue weighted by Gasteiger charge is -2.30. The number of aliphatic hydroxyl groups excluding tert-OH is 1. The molecule has 2 aliphatic rings. The van der Waals surface area contributed by atoms with E-state index in [9.17, 15) is 112 Å². The Bertz CT molecular complexity index is 3980. The molecule has 0 radical (unpaired) electrons. The van der Waals surface area contributed by atoms with Gasteiger partial charge < -0.3 is 111 Å². The number of carboxylic acid groups (broad SMARTS) is 3. The van der Waals surface area contributed by atoms with Crippen LogP contribution < -0.4 is 81.0 Å². The molecule has 0 spiro atoms. The Morgan fingerprint density at radius 1 is 0.628 bits per heavy atom. The number of hydrogen-bond acceptors (Lipinski definition) is 24. The smallest absolute Gasteiger partial charge is 0.323 e. The molecular weight excluding hydrogens is 1490 g/mol. The van der Waals surface area contributed by atoms with Crippen molar-refractivity contribution in [3.05, 3.63) is 65.9 Å². The van der Waals surface area contributed by atoms with E-state index < -0.39 is 256 Å². The van der Waals surface area contributed by atoms with Crippen molar-refractivity contribution >= 4 is 129 Å². The predicted octanol–water partition coefficient (Wildman–Crippen LogP) is -4.98. The molecule has 0 saturated carbocycles. The van der Waals surface area contributed by atoms with Crippen LogP contribution in [0.3, 0.4) is 0 Å². The van der Waals surface area contributed by atoms with Gasteiger partial charge in [0.15, 0.2) is 5.78 Å². The number of amides is 14. The van der Waals surface area contributed by atoms with Gasteiger partial charge in [-0.1, -0.05) is 82.7 Å². The van der Waals surface area contributed by atoms with Crippen molar-refractivity contribution in [2.75, 3.05) is 38.5 Å². The number of carboxylic acids is 3. The molecule has 618 valence electrons. The van der Waals surface area contributed by atoms with E-state index in [1.165, 1.54) is 31.2 Å². The van der Waals surface area contributed by atoms with E-state index in [4.69, 9.17) is 21.9 Å². The number of rotatable bonds is 33. The number of para-hydroxylation sites is 2. The van der Waals surface area contributed by atoms with Crippen LogP contribution in [0.15, 0.2) is 54.7 Å². The molecule has 113 heavy (non-hydrogen) atoms. The molecule has 41 nitrogen and oxygen atoms in total. The van der Waals surface area contributed by atoms with Gasteiger partial charge in [0.1, 0.15) is 66.5 Å². The minimum Gasteiger partial charge on any atom is -0.481 e. The number of carbonyl (C=O) groups is 19. The number of anilines is 1. The van der Waals surface area contributed by atoms with Crippen LogP contribution in [0, 0.1) is 5.92 Å². The molecular formula is C72H101N17O24. The number of aromatic amines is 1. The summed E-state index contributed by atoms with van der Waals surface area (Å²) in [7, 11) is 0. The third-order valence-corrected chi connectivity index (χ3v) is 18.5. The van der Waals surface area contributed by atoms with Crippen LogP contribution in [0.1, 0.15) is 146 Å². The van der Waals surface area contributed by atoms with E-state index in [0.29, 0.717) is 34.2 Å². The van der Waals surface area contributed by atoms with Crippen molar-refractivity contribution in [3.8, 4) is 0 Å². The summed E-state index contributed by atoms with van der Waals surface area (Å²) in [6, 6.07) is -8.13. The van der Waals surface area contributed by atoms with Gasteiger partial charge in [0.05, 0.1) is 45.4 Å². The van der Waals surface area contributed by atoms with Gasteiger partial charge in [0.2, 0.25) is 76.8 Å². The first-order chi connectivity index (χ1) is 53.5. The summed E-state index contributed by atoms with van der Waals surface area (Å²) in [5.41, 5.74) is 18.4. The molecule has 2 bridgehead atoms. The van der Waals surface area contributed by atoms with Gasteiger partial charge in [-0.15, -0.1) is 0 Å². The number of carbonyl (C=O) groups excluding carboxylic acids is 16. The van der Waals surface area contributed by atoms with Gasteiger partial charge >= 0.3 is 23.9 Å². The first-order valence-corrected chi connectivity index (χ1v) is 36.8. The second kappa shape index (κ2) is 45.3. The largest absolute Gasteiger partial charge is 0.481 e. The number of ether oxygens (including phenoxy) is 1. The number of aromatic nitrogens is 1. The number of nitrogen functional groups attached to an aromatic ring is 1. The highest BCUT2D eigenvalue weighted by atomic mass is 16.5. The number of fused-ring (bicyclic) bond motifs is 3. The number of unbranched alkanes of at least 4 members (excludes halogenated alkanes) is 6. The molecule has 3 aromatic rings. The lowest BCUT2D eigenvalue weighted by molar-refractivity contribution is -0.155. The summed E-state index contributed by atoms with van der Waals surface area (Å²) >= 11 is 0. The Hall–Kier alpha value is -12.0. The lowest BCUT2D eigenvalue weighted by Crippen LogP contribution is -2.61. The standard InChI is InChI=1S/C72H101N17O24/c1-5-6-7-8-9-10-11-22-55(93)81-45(25-39-31-76-43-20-15-13-17-40(39)43)66(106)84-46(27-54(75)92)67(107)85-48(30-61(101)102)68(108)88-62-38(4)113-72(112)50(26-53(91)41-18-12-14-19-42(41)74)77-32-51(36(2)24-59(97)98)87-69(109)52(35-90)82-57(95)33-78-64(104)47(29-60(99)100)83-63(103)37(3)89-58(96)28-49(71(89)111)86-65(105)44(21-16-23-73)80-56(94)34-79-70(62)110/h12-15,17-20,31,36-38,44-52,62,76-77,90H,5-11,16,21-30,32-35,73-74H2,1-4H3,(H2,75,92)(H,78,104)(H,79,110)(H,80,94)(H,81,93)(H,82,95)(H,83,103)(H,84,106)(H,85,107)(H,86,105)(H,87,109)(H,88,108)(H,97,98)(H,99,100)(H,101,102)/t36-,37?,38?,44+,45-,46-,47-,48-,49?,50-,51+,52?,62?/m0/s1. The molecule has 5 rings (SSSR count). The van der Waals surface area contributed by atoms with Crippen molar-refractivity contribution in [3.63, 3.8) is 0 Å². The van der Waals surface area contributed by atoms with Crippen molar-refractivity contribution in [2.45, 2.75) is 209 Å². The van der Waals surface area contributed by atoms with Crippen LogP contribution in [-0.2, 0) is 97.5 Å². The van der Waals surface area contributed by atoms with Crippen LogP contribution in [0.25, 0.3) is 10.9 Å². The van der Waals surface area contributed by atoms with Crippen LogP contribution >= 0.6 is 0 Å². The first kappa shape index (κ1) is 91.6. The summed E-state index contributed by atoms with van der Waals surface area (Å²) in [6.07, 6.45) is -0.765. The molecule has 2 aliphatic heterocycles. The first-order valence-electron chi connectivity index (χ1n) is 36.8. The number of aliphatic hydroxyl groups is 1. The number of cyclic esters (lactones) is 1. The van der Waals surface area contributed by atoms with Crippen LogP contribution in [0.2, 0.25) is 0 Å². The highest BCUT2D eigenvalue weighted by Gasteiger charge is 2.46. The molecule has 1 aromatic heterocycles. The third kappa shape index (κ3) is 29.3. The molecule has 5 unspecified atom stereocenters. The van der Waals surface area contributed by atoms with E-state index in [2.05, 4.69) is 75.7 Å². The fraction of sp³-hybridized carbons (Fsp3) is 0.542. The summed E-state index contributed by atoms with van der Waals surface area (Å²) in [5.74, 6) is -25.3. The van der Waals surface area contributed by atoms with Crippen molar-refractivity contribution in [2.24, 2.45) is 17.4 Å². The third-order valence-electron chi connectivity index (χ3n) is 18.5. The number of benzene rings is 2. The molecule has 2 fully saturated rings. The van der Waals surface area contributed by atoms with Crippen LogP contribution in [0.5, 0.6) is 0 Å². The SMILES string of the molecule is CCCCCCCCCC(=O)N[C@@H](Cc1c[nH]c2ccccc12)C(=O)N[C@@H](CC(N)=O)C(=O)N[C@@H](CC(=O)O)C(=O)NC1C(=O)NCC(=O)N[C@H](CCCN)C(=O)NC2CC(=O)N(C2=O)C(C)C(=O)N[C@@H](CC(=O)O)C(=O)NCC(=O)NC(CO)C(=O)N[C@@H]([C@@H](C)CC(=O)O)CN[C@@H](CC(=O)c2ccccc2N)C(=O)OC1C. The maximum absolute atomic E-state index is 14.8. The Morgan fingerprint density at radius 2 is 1.23 bits per heavy atom. The number of Topliss-reactive ketones (excluding diaryl/α,β-unsaturated/α-hetero) is 1. The number of hydrogen-bond donors (Lipinski definition) is 20. The fourth-order valence-corrected chi connectivity index (χ4v) is 12.3. The molecule has 0 aliphatic carbocycles. The van der Waals surface area contributed by atoms with E-state index in [0.717, 1.165) is 46.0 Å². The normalized spacial score (nSPS) is 21.9. The molecule has 23 N–H and O–H groups in total. The Morgan fingerprint density at radius 3 is 1.86 bits per heavy atom. The zero-order valence-electron chi connectivity index (χ0n) is 62.9. The molecule has 3 heterocycles. The van der Waals surface area contributed by atoms with Crippen molar-refractivity contribution in [1.29, 1.82) is 0 Å². The average Bonchev–Trinajstić information content (AvgIpc) is 1.65. The predicted molar refractivity (Wildman–Crippen MR) is 396 cm³/mol. The molecule has 2 saturated heterocycles. The average molecular weight is 1590 g/mol. The number of nitrogens with two attached hydrogens (primary N) is 3. The number of esters is 1. The number of primary amides is 1. The summed E-state index contributed by atoms with van der Waals surface area (Å²) < 4.78 is 5.80. The fourth-order valence-electron chi connectivity index (χ4n) is 12.3. The maximum atomic E-state index is 14.8. The minimum atomic E-state index is -2.33. The van der Waals surface area contributed by atoms with E-state index in [1.807, 2.05) is 0 Å². The Kier molecular flexibility index (Phi) is 36.8. The van der Waals surface area contributed by atoms with E-state index >= 15 is 0 Å². The van der Waals surface area contributed by atoms with Gasteiger partial charge in [-0.3, -0.25) is 96.0 Å². The highest BCUT2D eigenvalue weighted by Crippen LogP contribution is 2.23. The summed E-state index contributed by atoms with van der Waals surface area (Å²) in [5, 5.41) is 68.5. The van der Waals surface area contributed by atoms with Gasteiger partial charge in [-0.2, -0.15) is 0 Å². The lowest BCUT2D eigenvalue weighted by atomic mass is 9.96. The molecule has 13 atom stereocenters. The molecule has 2 aromatic carbocycles. The summed E-state index contributed by atoms with van der Waals surface area (Å²) in [4.78, 5) is 264. The van der Waals surface area contributed by atoms with E-state index in [-0.39, 0.29) is 43.5 Å². The second-order valence-electron chi connectivity index (χ2n) is 27.4. The van der Waals surface area contributed by atoms with Crippen molar-refractivity contribution in [1.82, 2.24) is 73.7 Å². The number of aliphatic carboxylic acids is 3. The summed E-state index contributed by atoms with van der Waals surface area (Å²) in [6.45, 7) is 1.16. The number of nitrogens with zero attached hydrogens (tertiary/aromatic N) is 1. The van der Waals surface area contributed by atoms with Gasteiger partial charge in [0, 0.05) is 66.6 Å². The highest BCUT2D eigenvalue weighted by molar-refractivity contribution is 6.10. The van der Waals surface area contributed by atoms with Crippen LogP contribution in [-0.4, -0.2) is 248 Å². The van der Waals surface area contributed by atoms with Crippen LogP contribution in [0.4, 0.5) is 5.69 Å². The maximum Gasteiger partial charge on any atom is 0.323 e. The zero-order valence-corrected chi connectivity index (χ0v) is 62.9. The second-order valence-corrected chi connectivity index (χ2v) is 27.4. The Labute approximate surface area is 647 Å². The van der Waals surface area contributed by atoms with Crippen molar-refractivity contribution < 1.29 is 116 Å². The van der Waals surface area contributed by atoms with Gasteiger partial charge in [-0.25, -0.2) is 0 Å². The van der Waals surface area contributed by atoms with E-state index in [1.54, 1.807) is 30.5 Å². The van der Waals surface area contributed by atoms with Gasteiger partial charge in [0.25, 0.3) is 5.91 Å². The number of nitrogens with one attached hydrogen (secondary N) is 13. The molecule has 14 amide bonds. The number of ketones is 1. The number of imide groups is 1.